The Kier molecular flexibility index (Phi) is 2.97. The zero-order valence-corrected chi connectivity index (χ0v) is 11.4. The minimum absolute atomic E-state index is 0.711. The first-order valence-electron chi connectivity index (χ1n) is 5.61. The third-order valence-electron chi connectivity index (χ3n) is 2.95. The van der Waals surface area contributed by atoms with Gasteiger partial charge in [0.2, 0.25) is 0 Å². The Morgan fingerprint density at radius 2 is 2.28 bits per heavy atom. The molecular weight excluding hydrogens is 266 g/mol. The number of nitrogens with one attached hydrogen (secondary N) is 1. The molecule has 0 atom stereocenters. The summed E-state index contributed by atoms with van der Waals surface area (Å²) in [5, 5.41) is 4.09. The van der Waals surface area contributed by atoms with Gasteiger partial charge in [-0.25, -0.2) is 4.98 Å². The smallest absolute Gasteiger partial charge is 0.106 e. The highest BCUT2D eigenvalue weighted by Crippen LogP contribution is 2.32. The normalized spacial score (nSPS) is 11.0. The van der Waals surface area contributed by atoms with Crippen LogP contribution in [0.4, 0.5) is 5.69 Å². The van der Waals surface area contributed by atoms with Gasteiger partial charge >= 0.3 is 0 Å². The molecule has 5 heteroatoms. The molecule has 2 aromatic heterocycles. The van der Waals surface area contributed by atoms with E-state index in [0.717, 1.165) is 22.4 Å². The summed E-state index contributed by atoms with van der Waals surface area (Å²) in [5.74, 6) is 0. The lowest BCUT2D eigenvalue weighted by molar-refractivity contribution is 0.843. The molecule has 18 heavy (non-hydrogen) atoms. The summed E-state index contributed by atoms with van der Waals surface area (Å²) in [5.41, 5.74) is 4.91. The SMILES string of the molecule is Cn1cccc1CNc1c(Cl)ccc2scnc12. The molecule has 0 fully saturated rings. The molecule has 0 radical (unpaired) electrons. The number of thiazole rings is 1. The van der Waals surface area contributed by atoms with Crippen LogP contribution in [0.2, 0.25) is 5.02 Å². The molecule has 2 heterocycles. The monoisotopic (exact) mass is 277 g/mol. The molecule has 1 N–H and O–H groups in total. The number of aryl methyl sites for hydroxylation is 1. The Morgan fingerprint density at radius 3 is 3.06 bits per heavy atom. The summed E-state index contributed by atoms with van der Waals surface area (Å²) in [6.07, 6.45) is 2.03. The zero-order valence-electron chi connectivity index (χ0n) is 9.85. The Labute approximate surface area is 114 Å². The first-order valence-corrected chi connectivity index (χ1v) is 6.87. The van der Waals surface area contributed by atoms with Crippen LogP contribution in [-0.4, -0.2) is 9.55 Å². The minimum Gasteiger partial charge on any atom is -0.376 e. The fourth-order valence-corrected chi connectivity index (χ4v) is 2.84. The second-order valence-corrected chi connectivity index (χ2v) is 5.38. The van der Waals surface area contributed by atoms with E-state index < -0.39 is 0 Å². The predicted molar refractivity (Wildman–Crippen MR) is 77.4 cm³/mol. The summed E-state index contributed by atoms with van der Waals surface area (Å²) in [7, 11) is 2.03. The minimum atomic E-state index is 0.711. The average Bonchev–Trinajstić information content (AvgIpc) is 2.97. The first-order chi connectivity index (χ1) is 8.75. The standard InChI is InChI=1S/C13H12ClN3S/c1-17-6-2-3-9(17)7-15-12-10(14)4-5-11-13(12)16-8-18-11/h2-6,8,15H,7H2,1H3. The van der Waals surface area contributed by atoms with Gasteiger partial charge in [0.25, 0.3) is 0 Å². The lowest BCUT2D eigenvalue weighted by atomic mass is 10.2. The van der Waals surface area contributed by atoms with E-state index in [1.165, 1.54) is 5.69 Å². The highest BCUT2D eigenvalue weighted by molar-refractivity contribution is 7.16. The predicted octanol–water partition coefficient (Wildman–Crippen LogP) is 3.90. The van der Waals surface area contributed by atoms with Crippen LogP contribution in [0.15, 0.2) is 36.0 Å². The number of anilines is 1. The second kappa shape index (κ2) is 4.63. The van der Waals surface area contributed by atoms with Crippen molar-refractivity contribution in [3.05, 3.63) is 46.7 Å². The molecule has 0 saturated heterocycles. The zero-order chi connectivity index (χ0) is 12.5. The molecule has 3 aromatic rings. The number of aromatic nitrogens is 2. The van der Waals surface area contributed by atoms with E-state index >= 15 is 0 Å². The summed E-state index contributed by atoms with van der Waals surface area (Å²) >= 11 is 7.86. The number of hydrogen-bond donors (Lipinski definition) is 1. The number of hydrogen-bond acceptors (Lipinski definition) is 3. The molecule has 0 aliphatic heterocycles. The van der Waals surface area contributed by atoms with E-state index in [9.17, 15) is 0 Å². The first kappa shape index (κ1) is 11.6. The lowest BCUT2D eigenvalue weighted by Gasteiger charge is -2.10. The molecule has 0 aliphatic carbocycles. The number of nitrogens with zero attached hydrogens (tertiary/aromatic N) is 2. The Hall–Kier alpha value is -1.52. The van der Waals surface area contributed by atoms with Gasteiger partial charge in [-0.3, -0.25) is 0 Å². The second-order valence-electron chi connectivity index (χ2n) is 4.09. The molecule has 0 saturated carbocycles. The van der Waals surface area contributed by atoms with E-state index in [4.69, 9.17) is 11.6 Å². The Morgan fingerprint density at radius 1 is 1.39 bits per heavy atom. The summed E-state index contributed by atoms with van der Waals surface area (Å²) < 4.78 is 3.23. The highest BCUT2D eigenvalue weighted by atomic mass is 35.5. The maximum absolute atomic E-state index is 6.24. The van der Waals surface area contributed by atoms with E-state index in [1.54, 1.807) is 11.3 Å². The van der Waals surface area contributed by atoms with Gasteiger partial charge in [-0.1, -0.05) is 11.6 Å². The van der Waals surface area contributed by atoms with Crippen LogP contribution < -0.4 is 5.32 Å². The fraction of sp³-hybridized carbons (Fsp3) is 0.154. The van der Waals surface area contributed by atoms with Crippen LogP contribution >= 0.6 is 22.9 Å². The summed E-state index contributed by atoms with van der Waals surface area (Å²) in [6, 6.07) is 8.03. The van der Waals surface area contributed by atoms with Crippen molar-refractivity contribution in [1.29, 1.82) is 0 Å². The summed E-state index contributed by atoms with van der Waals surface area (Å²) in [4.78, 5) is 4.37. The van der Waals surface area contributed by atoms with E-state index in [0.29, 0.717) is 5.02 Å². The third-order valence-corrected chi connectivity index (χ3v) is 4.06. The third kappa shape index (κ3) is 1.98. The van der Waals surface area contributed by atoms with Crippen LogP contribution in [0.3, 0.4) is 0 Å². The Bertz CT molecular complexity index is 686. The molecule has 1 aromatic carbocycles. The molecule has 0 bridgehead atoms. The van der Waals surface area contributed by atoms with Crippen LogP contribution in [0.25, 0.3) is 10.2 Å². The molecule has 3 rings (SSSR count). The van der Waals surface area contributed by atoms with Crippen molar-refractivity contribution in [1.82, 2.24) is 9.55 Å². The van der Waals surface area contributed by atoms with Crippen molar-refractivity contribution in [2.24, 2.45) is 7.05 Å². The van der Waals surface area contributed by atoms with Crippen LogP contribution in [0, 0.1) is 0 Å². The van der Waals surface area contributed by atoms with E-state index in [1.807, 2.05) is 37.0 Å². The van der Waals surface area contributed by atoms with Gasteiger partial charge in [0.15, 0.2) is 0 Å². The number of rotatable bonds is 3. The average molecular weight is 278 g/mol. The van der Waals surface area contributed by atoms with E-state index in [-0.39, 0.29) is 0 Å². The number of fused-ring (bicyclic) bond motifs is 1. The van der Waals surface area contributed by atoms with Gasteiger partial charge in [0, 0.05) is 18.9 Å². The quantitative estimate of drug-likeness (QED) is 0.787. The van der Waals surface area contributed by atoms with E-state index in [2.05, 4.69) is 20.9 Å². The van der Waals surface area contributed by atoms with Crippen molar-refractivity contribution >= 4 is 38.8 Å². The molecule has 3 nitrogen and oxygen atoms in total. The van der Waals surface area contributed by atoms with Gasteiger partial charge in [-0.05, 0) is 24.3 Å². The number of halogens is 1. The fourth-order valence-electron chi connectivity index (χ4n) is 1.93. The van der Waals surface area contributed by atoms with Crippen LogP contribution in [0.1, 0.15) is 5.69 Å². The van der Waals surface area contributed by atoms with Gasteiger partial charge in [0.1, 0.15) is 5.52 Å². The molecule has 0 spiro atoms. The topological polar surface area (TPSA) is 29.9 Å². The molecule has 0 unspecified atom stereocenters. The highest BCUT2D eigenvalue weighted by Gasteiger charge is 2.08. The molecule has 0 amide bonds. The van der Waals surface area contributed by atoms with Crippen molar-refractivity contribution in [3.63, 3.8) is 0 Å². The van der Waals surface area contributed by atoms with Gasteiger partial charge in [0.05, 0.1) is 27.5 Å². The van der Waals surface area contributed by atoms with Gasteiger partial charge in [-0.15, -0.1) is 11.3 Å². The van der Waals surface area contributed by atoms with Gasteiger partial charge in [-0.2, -0.15) is 0 Å². The largest absolute Gasteiger partial charge is 0.376 e. The Balaban J connectivity index is 1.92. The maximum Gasteiger partial charge on any atom is 0.106 e. The van der Waals surface area contributed by atoms with Crippen molar-refractivity contribution in [3.8, 4) is 0 Å². The maximum atomic E-state index is 6.24. The lowest BCUT2D eigenvalue weighted by Crippen LogP contribution is -2.04. The molecule has 92 valence electrons. The van der Waals surface area contributed by atoms with Crippen molar-refractivity contribution in [2.45, 2.75) is 6.54 Å². The summed E-state index contributed by atoms with van der Waals surface area (Å²) in [6.45, 7) is 0.736. The molecular formula is C13H12ClN3S. The van der Waals surface area contributed by atoms with Gasteiger partial charge < -0.3 is 9.88 Å². The van der Waals surface area contributed by atoms with Crippen molar-refractivity contribution in [2.75, 3.05) is 5.32 Å². The van der Waals surface area contributed by atoms with Crippen LogP contribution in [0.5, 0.6) is 0 Å². The molecule has 0 aliphatic rings. The number of benzene rings is 1. The van der Waals surface area contributed by atoms with Crippen molar-refractivity contribution < 1.29 is 0 Å². The van der Waals surface area contributed by atoms with Crippen LogP contribution in [-0.2, 0) is 13.6 Å².